The van der Waals surface area contributed by atoms with Gasteiger partial charge in [0, 0.05) is 24.3 Å². The molecule has 3 aromatic rings. The Morgan fingerprint density at radius 1 is 1.03 bits per heavy atom. The predicted octanol–water partition coefficient (Wildman–Crippen LogP) is 4.00. The van der Waals surface area contributed by atoms with Gasteiger partial charge >= 0.3 is 0 Å². The van der Waals surface area contributed by atoms with Crippen molar-refractivity contribution < 1.29 is 9.59 Å². The van der Waals surface area contributed by atoms with Crippen molar-refractivity contribution >= 4 is 23.4 Å². The van der Waals surface area contributed by atoms with E-state index in [-0.39, 0.29) is 22.5 Å². The molecule has 0 atom stereocenters. The van der Waals surface area contributed by atoms with Gasteiger partial charge in [0.05, 0.1) is 10.7 Å². The number of carbonyl (C=O) groups excluding carboxylic acids is 2. The van der Waals surface area contributed by atoms with Crippen molar-refractivity contribution in [1.29, 1.82) is 0 Å². The lowest BCUT2D eigenvalue weighted by Crippen LogP contribution is -2.25. The Morgan fingerprint density at radius 2 is 1.77 bits per heavy atom. The lowest BCUT2D eigenvalue weighted by molar-refractivity contribution is 0.0939. The first-order chi connectivity index (χ1) is 14.9. The molecule has 0 radical (unpaired) electrons. The number of hydrogen-bond acceptors (Lipinski definition) is 4. The smallest absolute Gasteiger partial charge is 0.271 e. The highest BCUT2D eigenvalue weighted by Crippen LogP contribution is 2.18. The van der Waals surface area contributed by atoms with Crippen LogP contribution in [0.1, 0.15) is 57.6 Å². The minimum absolute atomic E-state index is 0.0963. The molecule has 0 aliphatic rings. The predicted molar refractivity (Wildman–Crippen MR) is 121 cm³/mol. The normalized spacial score (nSPS) is 10.7. The molecule has 3 rings (SSSR count). The second-order valence-corrected chi connectivity index (χ2v) is 7.74. The van der Waals surface area contributed by atoms with E-state index in [9.17, 15) is 9.59 Å². The minimum atomic E-state index is -0.380. The molecule has 0 saturated heterocycles. The molecule has 0 fully saturated rings. The van der Waals surface area contributed by atoms with E-state index in [1.54, 1.807) is 28.9 Å². The zero-order valence-electron chi connectivity index (χ0n) is 17.9. The number of rotatable bonds is 8. The van der Waals surface area contributed by atoms with E-state index < -0.39 is 0 Å². The van der Waals surface area contributed by atoms with E-state index >= 15 is 0 Å². The summed E-state index contributed by atoms with van der Waals surface area (Å²) in [5.74, 6) is 0.0503. The number of nitrogens with zero attached hydrogens (tertiary/aromatic N) is 3. The standard InChI is InChI=1S/C23H26ClN5O2/c1-4-5-12-25-22(30)18-8-6-17(7-9-18)14-26-23(31)21-19(24)10-11-20(27-21)29-16(3)13-15(2)28-29/h6-11,13H,4-5,12,14H2,1-3H3,(H,25,30)(H,26,31). The minimum Gasteiger partial charge on any atom is -0.352 e. The Hall–Kier alpha value is -3.19. The summed E-state index contributed by atoms with van der Waals surface area (Å²) in [6.45, 7) is 6.85. The fraction of sp³-hybridized carbons (Fsp3) is 0.304. The third-order valence-corrected chi connectivity index (χ3v) is 5.06. The molecule has 0 saturated carbocycles. The lowest BCUT2D eigenvalue weighted by Gasteiger charge is -2.10. The highest BCUT2D eigenvalue weighted by molar-refractivity contribution is 6.33. The molecule has 0 aliphatic carbocycles. The number of aromatic nitrogens is 3. The molecule has 2 amide bonds. The van der Waals surface area contributed by atoms with Crippen molar-refractivity contribution in [3.8, 4) is 5.82 Å². The molecule has 1 aromatic carbocycles. The highest BCUT2D eigenvalue weighted by atomic mass is 35.5. The number of unbranched alkanes of at least 4 members (excludes halogenated alkanes) is 1. The molecular weight excluding hydrogens is 414 g/mol. The van der Waals surface area contributed by atoms with Crippen molar-refractivity contribution in [1.82, 2.24) is 25.4 Å². The molecule has 2 heterocycles. The Kier molecular flexibility index (Phi) is 7.41. The van der Waals surface area contributed by atoms with Crippen LogP contribution < -0.4 is 10.6 Å². The maximum Gasteiger partial charge on any atom is 0.271 e. The monoisotopic (exact) mass is 439 g/mol. The van der Waals surface area contributed by atoms with Crippen molar-refractivity contribution in [2.24, 2.45) is 0 Å². The number of nitrogens with one attached hydrogen (secondary N) is 2. The van der Waals surface area contributed by atoms with Gasteiger partial charge in [-0.15, -0.1) is 0 Å². The molecule has 0 unspecified atom stereocenters. The first-order valence-electron chi connectivity index (χ1n) is 10.2. The second-order valence-electron chi connectivity index (χ2n) is 7.33. The van der Waals surface area contributed by atoms with Crippen LogP contribution in [0.3, 0.4) is 0 Å². The largest absolute Gasteiger partial charge is 0.352 e. The van der Waals surface area contributed by atoms with Crippen LogP contribution in [0.25, 0.3) is 5.82 Å². The van der Waals surface area contributed by atoms with E-state index in [1.807, 2.05) is 32.0 Å². The lowest BCUT2D eigenvalue weighted by atomic mass is 10.1. The fourth-order valence-electron chi connectivity index (χ4n) is 3.09. The molecule has 0 spiro atoms. The van der Waals surface area contributed by atoms with Gasteiger partial charge in [0.1, 0.15) is 5.69 Å². The Labute approximate surface area is 186 Å². The number of amides is 2. The number of aryl methyl sites for hydroxylation is 2. The van der Waals surface area contributed by atoms with E-state index in [0.717, 1.165) is 29.8 Å². The molecule has 31 heavy (non-hydrogen) atoms. The van der Waals surface area contributed by atoms with Crippen molar-refractivity contribution in [3.05, 3.63) is 75.7 Å². The molecule has 2 aromatic heterocycles. The average molecular weight is 440 g/mol. The van der Waals surface area contributed by atoms with Gasteiger partial charge < -0.3 is 10.6 Å². The van der Waals surface area contributed by atoms with Crippen LogP contribution in [0.4, 0.5) is 0 Å². The van der Waals surface area contributed by atoms with Crippen molar-refractivity contribution in [3.63, 3.8) is 0 Å². The summed E-state index contributed by atoms with van der Waals surface area (Å²) in [6.07, 6.45) is 1.98. The number of benzene rings is 1. The molecule has 0 aliphatic heterocycles. The summed E-state index contributed by atoms with van der Waals surface area (Å²) in [4.78, 5) is 29.2. The Bertz CT molecular complexity index is 1080. The number of hydrogen-bond donors (Lipinski definition) is 2. The molecule has 8 heteroatoms. The topological polar surface area (TPSA) is 88.9 Å². The van der Waals surface area contributed by atoms with Gasteiger partial charge in [-0.2, -0.15) is 5.10 Å². The summed E-state index contributed by atoms with van der Waals surface area (Å²) >= 11 is 6.22. The van der Waals surface area contributed by atoms with Gasteiger partial charge in [-0.1, -0.05) is 37.1 Å². The zero-order valence-corrected chi connectivity index (χ0v) is 18.7. The first-order valence-corrected chi connectivity index (χ1v) is 10.6. The zero-order chi connectivity index (χ0) is 22.4. The van der Waals surface area contributed by atoms with Crippen LogP contribution in [-0.4, -0.2) is 33.1 Å². The summed E-state index contributed by atoms with van der Waals surface area (Å²) in [6, 6.07) is 12.4. The van der Waals surface area contributed by atoms with Crippen LogP contribution in [0, 0.1) is 13.8 Å². The molecule has 0 bridgehead atoms. The molecule has 7 nitrogen and oxygen atoms in total. The van der Waals surface area contributed by atoms with Gasteiger partial charge in [-0.3, -0.25) is 9.59 Å². The van der Waals surface area contributed by atoms with Crippen LogP contribution in [-0.2, 0) is 6.54 Å². The van der Waals surface area contributed by atoms with Gasteiger partial charge in [0.2, 0.25) is 0 Å². The summed E-state index contributed by atoms with van der Waals surface area (Å²) in [7, 11) is 0. The second kappa shape index (κ2) is 10.2. The van der Waals surface area contributed by atoms with Gasteiger partial charge in [0.25, 0.3) is 11.8 Å². The van der Waals surface area contributed by atoms with Crippen molar-refractivity contribution in [2.45, 2.75) is 40.2 Å². The number of pyridine rings is 1. The summed E-state index contributed by atoms with van der Waals surface area (Å²) in [5, 5.41) is 10.4. The van der Waals surface area contributed by atoms with E-state index in [2.05, 4.69) is 27.6 Å². The van der Waals surface area contributed by atoms with Gasteiger partial charge in [-0.05, 0) is 56.2 Å². The van der Waals surface area contributed by atoms with Crippen LogP contribution >= 0.6 is 11.6 Å². The Balaban J connectivity index is 1.65. The maximum atomic E-state index is 12.7. The fourth-order valence-corrected chi connectivity index (χ4v) is 3.28. The maximum absolute atomic E-state index is 12.7. The quantitative estimate of drug-likeness (QED) is 0.519. The SMILES string of the molecule is CCCCNC(=O)c1ccc(CNC(=O)c2nc(-n3nc(C)cc3C)ccc2Cl)cc1. The van der Waals surface area contributed by atoms with Crippen LogP contribution in [0.2, 0.25) is 5.02 Å². The van der Waals surface area contributed by atoms with Gasteiger partial charge in [-0.25, -0.2) is 9.67 Å². The average Bonchev–Trinajstić information content (AvgIpc) is 3.10. The van der Waals surface area contributed by atoms with Crippen LogP contribution in [0.15, 0.2) is 42.5 Å². The highest BCUT2D eigenvalue weighted by Gasteiger charge is 2.15. The number of carbonyl (C=O) groups is 2. The van der Waals surface area contributed by atoms with Crippen molar-refractivity contribution in [2.75, 3.05) is 6.54 Å². The van der Waals surface area contributed by atoms with E-state index in [4.69, 9.17) is 11.6 Å². The van der Waals surface area contributed by atoms with E-state index in [1.165, 1.54) is 0 Å². The molecular formula is C23H26ClN5O2. The van der Waals surface area contributed by atoms with Crippen LogP contribution in [0.5, 0.6) is 0 Å². The third-order valence-electron chi connectivity index (χ3n) is 4.76. The summed E-state index contributed by atoms with van der Waals surface area (Å²) < 4.78 is 1.67. The number of halogens is 1. The Morgan fingerprint density at radius 3 is 2.42 bits per heavy atom. The van der Waals surface area contributed by atoms with Gasteiger partial charge in [0.15, 0.2) is 5.82 Å². The molecule has 162 valence electrons. The summed E-state index contributed by atoms with van der Waals surface area (Å²) in [5.41, 5.74) is 3.37. The third kappa shape index (κ3) is 5.70. The van der Waals surface area contributed by atoms with E-state index in [0.29, 0.717) is 24.5 Å². The molecule has 2 N–H and O–H groups in total. The first kappa shape index (κ1) is 22.5.